The van der Waals surface area contributed by atoms with Crippen LogP contribution in [0.3, 0.4) is 0 Å². The molecule has 1 amide bonds. The normalized spacial score (nSPS) is 10.0. The lowest BCUT2D eigenvalue weighted by molar-refractivity contribution is 0.0978. The molecule has 0 aliphatic rings. The monoisotopic (exact) mass is 338 g/mol. The Hall–Kier alpha value is -1.62. The second-order valence-electron chi connectivity index (χ2n) is 4.40. The van der Waals surface area contributed by atoms with E-state index in [0.717, 1.165) is 11.3 Å². The van der Waals surface area contributed by atoms with Crippen molar-refractivity contribution in [3.8, 4) is 0 Å². The van der Waals surface area contributed by atoms with Gasteiger partial charge in [-0.25, -0.2) is 0 Å². The maximum absolute atomic E-state index is 12.0. The van der Waals surface area contributed by atoms with E-state index >= 15 is 0 Å². The fraction of sp³-hybridized carbons (Fsp3) is 0.0667. The van der Waals surface area contributed by atoms with Crippen LogP contribution in [0, 0.1) is 6.92 Å². The zero-order chi connectivity index (χ0) is 15.4. The Bertz CT molecular complexity index is 687. The molecule has 21 heavy (non-hydrogen) atoms. The number of benzene rings is 2. The van der Waals surface area contributed by atoms with Crippen molar-refractivity contribution < 1.29 is 4.79 Å². The lowest BCUT2D eigenvalue weighted by Gasteiger charge is -2.10. The summed E-state index contributed by atoms with van der Waals surface area (Å²) in [4.78, 5) is 12.0. The molecule has 2 rings (SSSR count). The van der Waals surface area contributed by atoms with Gasteiger partial charge in [0.2, 0.25) is 0 Å². The molecule has 0 aliphatic carbocycles. The molecule has 6 heteroatoms. The molecule has 0 unspecified atom stereocenters. The number of anilines is 1. The molecule has 2 N–H and O–H groups in total. The van der Waals surface area contributed by atoms with E-state index < -0.39 is 0 Å². The first-order valence-electron chi connectivity index (χ1n) is 6.10. The first kappa shape index (κ1) is 15.8. The molecular formula is C15H12Cl2N2OS. The van der Waals surface area contributed by atoms with E-state index in [2.05, 4.69) is 10.6 Å². The number of nitrogens with one attached hydrogen (secondary N) is 2. The maximum atomic E-state index is 12.0. The van der Waals surface area contributed by atoms with Gasteiger partial charge < -0.3 is 5.32 Å². The predicted molar refractivity (Wildman–Crippen MR) is 91.3 cm³/mol. The van der Waals surface area contributed by atoms with Crippen LogP contribution < -0.4 is 10.6 Å². The van der Waals surface area contributed by atoms with E-state index in [1.807, 2.05) is 31.2 Å². The molecular weight excluding hydrogens is 327 g/mol. The quantitative estimate of drug-likeness (QED) is 0.796. The second-order valence-corrected chi connectivity index (χ2v) is 5.63. The topological polar surface area (TPSA) is 41.1 Å². The van der Waals surface area contributed by atoms with E-state index in [4.69, 9.17) is 35.4 Å². The van der Waals surface area contributed by atoms with E-state index in [-0.39, 0.29) is 11.0 Å². The lowest BCUT2D eigenvalue weighted by atomic mass is 10.2. The largest absolute Gasteiger partial charge is 0.332 e. The van der Waals surface area contributed by atoms with Crippen LogP contribution in [0.1, 0.15) is 15.9 Å². The minimum Gasteiger partial charge on any atom is -0.332 e. The number of rotatable bonds is 2. The molecule has 0 saturated heterocycles. The number of carbonyl (C=O) groups excluding carboxylic acids is 1. The van der Waals surface area contributed by atoms with Crippen LogP contribution in [0.4, 0.5) is 5.69 Å². The van der Waals surface area contributed by atoms with Crippen molar-refractivity contribution >= 4 is 52.1 Å². The van der Waals surface area contributed by atoms with Crippen molar-refractivity contribution in [3.63, 3.8) is 0 Å². The van der Waals surface area contributed by atoms with Crippen LogP contribution in [-0.2, 0) is 0 Å². The van der Waals surface area contributed by atoms with E-state index in [1.165, 1.54) is 6.07 Å². The molecule has 0 aromatic heterocycles. The number of carbonyl (C=O) groups is 1. The van der Waals surface area contributed by atoms with Crippen LogP contribution in [0.25, 0.3) is 0 Å². The van der Waals surface area contributed by atoms with Crippen molar-refractivity contribution in [2.75, 3.05) is 5.32 Å². The zero-order valence-electron chi connectivity index (χ0n) is 11.1. The second kappa shape index (κ2) is 6.89. The molecule has 2 aromatic rings. The van der Waals surface area contributed by atoms with Gasteiger partial charge in [-0.1, -0.05) is 40.9 Å². The molecule has 0 heterocycles. The van der Waals surface area contributed by atoms with Crippen LogP contribution in [-0.4, -0.2) is 11.0 Å². The Morgan fingerprint density at radius 1 is 1.05 bits per heavy atom. The van der Waals surface area contributed by atoms with E-state index in [1.54, 1.807) is 12.1 Å². The van der Waals surface area contributed by atoms with Gasteiger partial charge in [0.05, 0.1) is 10.0 Å². The third kappa shape index (κ3) is 4.43. The first-order valence-corrected chi connectivity index (χ1v) is 7.26. The zero-order valence-corrected chi connectivity index (χ0v) is 13.4. The van der Waals surface area contributed by atoms with Crippen LogP contribution in [0.15, 0.2) is 42.5 Å². The molecule has 0 saturated carbocycles. The van der Waals surface area contributed by atoms with Gasteiger partial charge in [0.25, 0.3) is 5.91 Å². The van der Waals surface area contributed by atoms with Crippen molar-refractivity contribution in [2.24, 2.45) is 0 Å². The molecule has 0 radical (unpaired) electrons. The Kier molecular flexibility index (Phi) is 5.17. The summed E-state index contributed by atoms with van der Waals surface area (Å²) in [5.41, 5.74) is 2.34. The standard InChI is InChI=1S/C15H12Cl2N2OS/c1-9-2-5-11(6-3-9)18-15(21)19-14(20)10-4-7-12(16)13(17)8-10/h2-8H,1H3,(H2,18,19,20,21). The Morgan fingerprint density at radius 2 is 1.71 bits per heavy atom. The fourth-order valence-electron chi connectivity index (χ4n) is 1.61. The summed E-state index contributed by atoms with van der Waals surface area (Å²) < 4.78 is 0. The third-order valence-corrected chi connectivity index (χ3v) is 3.66. The van der Waals surface area contributed by atoms with Gasteiger partial charge in [-0.15, -0.1) is 0 Å². The summed E-state index contributed by atoms with van der Waals surface area (Å²) in [5.74, 6) is -0.349. The van der Waals surface area contributed by atoms with Gasteiger partial charge in [-0.2, -0.15) is 0 Å². The number of hydrogen-bond acceptors (Lipinski definition) is 2. The number of hydrogen-bond donors (Lipinski definition) is 2. The van der Waals surface area contributed by atoms with Gasteiger partial charge in [0.15, 0.2) is 5.11 Å². The fourth-order valence-corrected chi connectivity index (χ4v) is 2.12. The molecule has 0 aliphatic heterocycles. The highest BCUT2D eigenvalue weighted by Crippen LogP contribution is 2.22. The van der Waals surface area contributed by atoms with Crippen molar-refractivity contribution in [3.05, 3.63) is 63.6 Å². The van der Waals surface area contributed by atoms with E-state index in [0.29, 0.717) is 15.6 Å². The average Bonchev–Trinajstić information content (AvgIpc) is 2.44. The summed E-state index contributed by atoms with van der Waals surface area (Å²) in [6, 6.07) is 12.3. The van der Waals surface area contributed by atoms with Gasteiger partial charge in [0, 0.05) is 11.3 Å². The van der Waals surface area contributed by atoms with E-state index in [9.17, 15) is 4.79 Å². The third-order valence-electron chi connectivity index (χ3n) is 2.72. The van der Waals surface area contributed by atoms with Gasteiger partial charge in [0.1, 0.15) is 0 Å². The van der Waals surface area contributed by atoms with Gasteiger partial charge >= 0.3 is 0 Å². The molecule has 0 atom stereocenters. The number of aryl methyl sites for hydroxylation is 1. The summed E-state index contributed by atoms with van der Waals surface area (Å²) in [6.45, 7) is 1.99. The lowest BCUT2D eigenvalue weighted by Crippen LogP contribution is -2.34. The van der Waals surface area contributed by atoms with Gasteiger partial charge in [-0.05, 0) is 49.5 Å². The number of thiocarbonyl (C=S) groups is 1. The van der Waals surface area contributed by atoms with Crippen LogP contribution >= 0.6 is 35.4 Å². The predicted octanol–water partition coefficient (Wildman–Crippen LogP) is 4.43. The highest BCUT2D eigenvalue weighted by atomic mass is 35.5. The summed E-state index contributed by atoms with van der Waals surface area (Å²) in [5, 5.41) is 6.46. The molecule has 0 bridgehead atoms. The summed E-state index contributed by atoms with van der Waals surface area (Å²) in [6.07, 6.45) is 0. The maximum Gasteiger partial charge on any atom is 0.257 e. The number of halogens is 2. The van der Waals surface area contributed by atoms with Gasteiger partial charge in [-0.3, -0.25) is 10.1 Å². The molecule has 0 fully saturated rings. The van der Waals surface area contributed by atoms with Crippen molar-refractivity contribution in [1.82, 2.24) is 5.32 Å². The highest BCUT2D eigenvalue weighted by Gasteiger charge is 2.09. The molecule has 108 valence electrons. The smallest absolute Gasteiger partial charge is 0.257 e. The first-order chi connectivity index (χ1) is 9.95. The summed E-state index contributed by atoms with van der Waals surface area (Å²) >= 11 is 16.8. The number of amides is 1. The highest BCUT2D eigenvalue weighted by molar-refractivity contribution is 7.80. The Labute approximate surface area is 138 Å². The molecule has 0 spiro atoms. The van der Waals surface area contributed by atoms with Crippen molar-refractivity contribution in [1.29, 1.82) is 0 Å². The Balaban J connectivity index is 2.00. The Morgan fingerprint density at radius 3 is 2.33 bits per heavy atom. The van der Waals surface area contributed by atoms with Crippen LogP contribution in [0.5, 0.6) is 0 Å². The molecule has 2 aromatic carbocycles. The minimum atomic E-state index is -0.349. The minimum absolute atomic E-state index is 0.218. The SMILES string of the molecule is Cc1ccc(NC(=S)NC(=O)c2ccc(Cl)c(Cl)c2)cc1. The van der Waals surface area contributed by atoms with Crippen molar-refractivity contribution in [2.45, 2.75) is 6.92 Å². The van der Waals surface area contributed by atoms with Crippen LogP contribution in [0.2, 0.25) is 10.0 Å². The molecule has 3 nitrogen and oxygen atoms in total. The summed E-state index contributed by atoms with van der Waals surface area (Å²) in [7, 11) is 0. The average molecular weight is 339 g/mol.